The van der Waals surface area contributed by atoms with Gasteiger partial charge >= 0.3 is 0 Å². The van der Waals surface area contributed by atoms with Gasteiger partial charge in [-0.25, -0.2) is 9.37 Å². The first-order valence-electron chi connectivity index (χ1n) is 7.39. The van der Waals surface area contributed by atoms with Gasteiger partial charge in [-0.2, -0.15) is 0 Å². The quantitative estimate of drug-likeness (QED) is 0.730. The molecule has 0 saturated carbocycles. The Hall–Kier alpha value is -2.08. The lowest BCUT2D eigenvalue weighted by Crippen LogP contribution is -2.29. The Labute approximate surface area is 139 Å². The smallest absolute Gasteiger partial charge is 0.222 e. The number of hydrogen-bond acceptors (Lipinski definition) is 4. The van der Waals surface area contributed by atoms with E-state index >= 15 is 0 Å². The van der Waals surface area contributed by atoms with Crippen LogP contribution in [0.4, 0.5) is 4.39 Å². The van der Waals surface area contributed by atoms with Crippen LogP contribution in [-0.2, 0) is 11.2 Å². The van der Waals surface area contributed by atoms with E-state index in [1.54, 1.807) is 28.8 Å². The van der Waals surface area contributed by atoms with Gasteiger partial charge in [-0.1, -0.05) is 0 Å². The minimum absolute atomic E-state index is 0.0670. The number of aryl methyl sites for hydroxylation is 1. The number of rotatable bonds is 7. The van der Waals surface area contributed by atoms with Gasteiger partial charge in [-0.15, -0.1) is 11.3 Å². The van der Waals surface area contributed by atoms with Crippen molar-refractivity contribution in [3.8, 4) is 0 Å². The summed E-state index contributed by atoms with van der Waals surface area (Å²) in [5.41, 5.74) is 3.23. The zero-order valence-corrected chi connectivity index (χ0v) is 14.0. The molecular weight excluding hydrogens is 315 g/mol. The molecule has 2 aromatic rings. The first kappa shape index (κ1) is 17.3. The SMILES string of the molecule is Cc1ncsc1CCN(C)C(=O)CCC(=O)c1ccc(F)cc1. The lowest BCUT2D eigenvalue weighted by molar-refractivity contribution is -0.129. The third kappa shape index (κ3) is 4.96. The van der Waals surface area contributed by atoms with Crippen molar-refractivity contribution >= 4 is 23.0 Å². The topological polar surface area (TPSA) is 50.3 Å². The third-order valence-corrected chi connectivity index (χ3v) is 4.67. The molecule has 0 saturated heterocycles. The number of carbonyl (C=O) groups is 2. The summed E-state index contributed by atoms with van der Waals surface area (Å²) in [6.07, 6.45) is 1.06. The van der Waals surface area contributed by atoms with Crippen molar-refractivity contribution in [3.05, 3.63) is 51.7 Å². The minimum atomic E-state index is -0.379. The summed E-state index contributed by atoms with van der Waals surface area (Å²) >= 11 is 1.59. The van der Waals surface area contributed by atoms with E-state index in [9.17, 15) is 14.0 Å². The first-order chi connectivity index (χ1) is 11.0. The lowest BCUT2D eigenvalue weighted by Gasteiger charge is -2.16. The van der Waals surface area contributed by atoms with Gasteiger partial charge in [-0.05, 0) is 31.2 Å². The molecule has 1 aromatic heterocycles. The molecule has 2 rings (SSSR count). The van der Waals surface area contributed by atoms with Crippen LogP contribution in [0.15, 0.2) is 29.8 Å². The predicted molar refractivity (Wildman–Crippen MR) is 88.2 cm³/mol. The van der Waals surface area contributed by atoms with Crippen LogP contribution in [0.3, 0.4) is 0 Å². The number of halogens is 1. The van der Waals surface area contributed by atoms with E-state index in [0.29, 0.717) is 12.1 Å². The Bertz CT molecular complexity index is 682. The van der Waals surface area contributed by atoms with Gasteiger partial charge in [0.25, 0.3) is 0 Å². The molecule has 0 fully saturated rings. The fraction of sp³-hybridized carbons (Fsp3) is 0.353. The van der Waals surface area contributed by atoms with Crippen molar-refractivity contribution in [2.45, 2.75) is 26.2 Å². The van der Waals surface area contributed by atoms with E-state index in [-0.39, 0.29) is 30.3 Å². The number of nitrogens with zero attached hydrogens (tertiary/aromatic N) is 2. The van der Waals surface area contributed by atoms with Crippen molar-refractivity contribution in [2.24, 2.45) is 0 Å². The van der Waals surface area contributed by atoms with Gasteiger partial charge in [0.15, 0.2) is 5.78 Å². The van der Waals surface area contributed by atoms with Crippen LogP contribution in [0.1, 0.15) is 33.8 Å². The van der Waals surface area contributed by atoms with Gasteiger partial charge < -0.3 is 4.90 Å². The predicted octanol–water partition coefficient (Wildman–Crippen LogP) is 3.25. The van der Waals surface area contributed by atoms with E-state index in [1.807, 2.05) is 6.92 Å². The average molecular weight is 334 g/mol. The molecule has 1 amide bonds. The van der Waals surface area contributed by atoms with Crippen LogP contribution >= 0.6 is 11.3 Å². The van der Waals surface area contributed by atoms with Crippen LogP contribution in [0.25, 0.3) is 0 Å². The second-order valence-electron chi connectivity index (χ2n) is 5.36. The molecule has 0 N–H and O–H groups in total. The van der Waals surface area contributed by atoms with E-state index in [2.05, 4.69) is 4.98 Å². The van der Waals surface area contributed by atoms with Gasteiger partial charge in [0, 0.05) is 43.3 Å². The fourth-order valence-corrected chi connectivity index (χ4v) is 2.92. The highest BCUT2D eigenvalue weighted by Gasteiger charge is 2.13. The molecule has 6 heteroatoms. The van der Waals surface area contributed by atoms with Crippen LogP contribution < -0.4 is 0 Å². The molecule has 1 aromatic carbocycles. The van der Waals surface area contributed by atoms with Crippen LogP contribution in [0.2, 0.25) is 0 Å². The lowest BCUT2D eigenvalue weighted by atomic mass is 10.1. The largest absolute Gasteiger partial charge is 0.345 e. The van der Waals surface area contributed by atoms with E-state index in [1.165, 1.54) is 29.1 Å². The zero-order valence-electron chi connectivity index (χ0n) is 13.2. The summed E-state index contributed by atoms with van der Waals surface area (Å²) in [4.78, 5) is 31.0. The van der Waals surface area contributed by atoms with E-state index < -0.39 is 0 Å². The summed E-state index contributed by atoms with van der Waals surface area (Å²) < 4.78 is 12.8. The van der Waals surface area contributed by atoms with Gasteiger partial charge in [0.2, 0.25) is 5.91 Å². The van der Waals surface area contributed by atoms with Crippen LogP contribution in [-0.4, -0.2) is 35.2 Å². The first-order valence-corrected chi connectivity index (χ1v) is 8.27. The molecule has 122 valence electrons. The molecule has 0 aliphatic carbocycles. The molecule has 0 aliphatic heterocycles. The Kier molecular flexibility index (Phi) is 5.98. The number of carbonyl (C=O) groups excluding carboxylic acids is 2. The Morgan fingerprint density at radius 2 is 1.91 bits per heavy atom. The highest BCUT2D eigenvalue weighted by Crippen LogP contribution is 2.13. The molecule has 1 heterocycles. The normalized spacial score (nSPS) is 10.6. The maximum absolute atomic E-state index is 12.8. The van der Waals surface area contributed by atoms with Crippen molar-refractivity contribution < 1.29 is 14.0 Å². The molecule has 0 bridgehead atoms. The molecule has 0 radical (unpaired) electrons. The third-order valence-electron chi connectivity index (χ3n) is 3.68. The molecule has 4 nitrogen and oxygen atoms in total. The second kappa shape index (κ2) is 7.97. The van der Waals surface area contributed by atoms with Crippen LogP contribution in [0.5, 0.6) is 0 Å². The average Bonchev–Trinajstić information content (AvgIpc) is 2.95. The number of thiazole rings is 1. The molecule has 0 aliphatic rings. The Morgan fingerprint density at radius 1 is 1.22 bits per heavy atom. The highest BCUT2D eigenvalue weighted by molar-refractivity contribution is 7.09. The molecule has 0 unspecified atom stereocenters. The van der Waals surface area contributed by atoms with Gasteiger partial charge in [-0.3, -0.25) is 9.59 Å². The van der Waals surface area contributed by atoms with Gasteiger partial charge in [0.05, 0.1) is 11.2 Å². The number of hydrogen-bond donors (Lipinski definition) is 0. The Balaban J connectivity index is 1.78. The summed E-state index contributed by atoms with van der Waals surface area (Å²) in [6, 6.07) is 5.38. The van der Waals surface area contributed by atoms with Crippen molar-refractivity contribution in [2.75, 3.05) is 13.6 Å². The zero-order chi connectivity index (χ0) is 16.8. The number of amides is 1. The highest BCUT2D eigenvalue weighted by atomic mass is 32.1. The Morgan fingerprint density at radius 3 is 2.52 bits per heavy atom. The second-order valence-corrected chi connectivity index (χ2v) is 6.30. The standard InChI is InChI=1S/C17H19FN2O2S/c1-12-16(23-11-19-12)9-10-20(2)17(22)8-7-15(21)13-3-5-14(18)6-4-13/h3-6,11H,7-10H2,1-2H3. The van der Waals surface area contributed by atoms with E-state index in [4.69, 9.17) is 0 Å². The number of aromatic nitrogens is 1. The summed E-state index contributed by atoms with van der Waals surface area (Å²) in [6.45, 7) is 2.56. The summed E-state index contributed by atoms with van der Waals surface area (Å²) in [5.74, 6) is -0.594. The molecule has 23 heavy (non-hydrogen) atoms. The number of benzene rings is 1. The van der Waals surface area contributed by atoms with Gasteiger partial charge in [0.1, 0.15) is 5.82 Å². The minimum Gasteiger partial charge on any atom is -0.345 e. The molecular formula is C17H19FN2O2S. The number of Topliss-reactive ketones (excluding diaryl/α,β-unsaturated/α-hetero) is 1. The molecule has 0 atom stereocenters. The summed E-state index contributed by atoms with van der Waals surface area (Å²) in [7, 11) is 1.74. The van der Waals surface area contributed by atoms with Crippen molar-refractivity contribution in [1.29, 1.82) is 0 Å². The molecule has 0 spiro atoms. The maximum atomic E-state index is 12.8. The fourth-order valence-electron chi connectivity index (χ4n) is 2.15. The monoisotopic (exact) mass is 334 g/mol. The van der Waals surface area contributed by atoms with E-state index in [0.717, 1.165) is 12.1 Å². The number of likely N-dealkylation sites (N-methyl/N-ethyl adjacent to an activating group) is 1. The maximum Gasteiger partial charge on any atom is 0.222 e. The van der Waals surface area contributed by atoms with Crippen molar-refractivity contribution in [3.63, 3.8) is 0 Å². The van der Waals surface area contributed by atoms with Crippen molar-refractivity contribution in [1.82, 2.24) is 9.88 Å². The number of ketones is 1. The summed E-state index contributed by atoms with van der Waals surface area (Å²) in [5, 5.41) is 0. The van der Waals surface area contributed by atoms with Crippen LogP contribution in [0, 0.1) is 12.7 Å².